The Kier molecular flexibility index (Phi) is 5.88. The van der Waals surface area contributed by atoms with Crippen molar-refractivity contribution in [1.82, 2.24) is 5.32 Å². The van der Waals surface area contributed by atoms with Crippen LogP contribution in [0.2, 0.25) is 0 Å². The van der Waals surface area contributed by atoms with Crippen molar-refractivity contribution in [3.05, 3.63) is 35.4 Å². The van der Waals surface area contributed by atoms with Crippen LogP contribution in [-0.2, 0) is 10.8 Å². The third-order valence-corrected chi connectivity index (χ3v) is 3.61. The Bertz CT molecular complexity index is 425. The van der Waals surface area contributed by atoms with Crippen molar-refractivity contribution in [2.75, 3.05) is 12.0 Å². The summed E-state index contributed by atoms with van der Waals surface area (Å²) in [6.07, 6.45) is 2.42. The Balaban J connectivity index is 2.59. The molecule has 1 aromatic carbocycles. The number of hydrogen-bond donors (Lipinski definition) is 1. The summed E-state index contributed by atoms with van der Waals surface area (Å²) in [5.41, 5.74) is 0.445. The van der Waals surface area contributed by atoms with Crippen LogP contribution in [0.25, 0.3) is 0 Å². The minimum atomic E-state index is -0.817. The van der Waals surface area contributed by atoms with E-state index in [0.717, 1.165) is 12.5 Å². The molecule has 0 saturated carbocycles. The van der Waals surface area contributed by atoms with E-state index in [1.807, 2.05) is 13.8 Å². The second-order valence-corrected chi connectivity index (χ2v) is 6.08. The van der Waals surface area contributed by atoms with Crippen molar-refractivity contribution in [3.63, 3.8) is 0 Å². The van der Waals surface area contributed by atoms with Crippen LogP contribution < -0.4 is 5.32 Å². The number of rotatable bonds is 6. The third-order valence-electron chi connectivity index (χ3n) is 2.80. The van der Waals surface area contributed by atoms with Gasteiger partial charge in [0.1, 0.15) is 11.6 Å². The molecule has 18 heavy (non-hydrogen) atoms. The molecule has 0 bridgehead atoms. The van der Waals surface area contributed by atoms with Gasteiger partial charge in [-0.25, -0.2) is 8.78 Å². The normalized spacial score (nSPS) is 16.3. The van der Waals surface area contributed by atoms with Crippen LogP contribution in [0.1, 0.15) is 31.9 Å². The van der Waals surface area contributed by atoms with Gasteiger partial charge < -0.3 is 5.32 Å². The number of hydrogen-bond acceptors (Lipinski definition) is 2. The lowest BCUT2D eigenvalue weighted by molar-refractivity contribution is 0.453. The van der Waals surface area contributed by atoms with Gasteiger partial charge in [-0.1, -0.05) is 6.07 Å². The molecule has 1 N–H and O–H groups in total. The first-order chi connectivity index (χ1) is 8.40. The average Bonchev–Trinajstić information content (AvgIpc) is 2.26. The molecule has 1 rings (SSSR count). The number of halogens is 2. The van der Waals surface area contributed by atoms with Crippen molar-refractivity contribution in [2.24, 2.45) is 0 Å². The van der Waals surface area contributed by atoms with Gasteiger partial charge in [-0.3, -0.25) is 4.21 Å². The lowest BCUT2D eigenvalue weighted by Crippen LogP contribution is -2.30. The van der Waals surface area contributed by atoms with E-state index in [1.54, 1.807) is 6.26 Å². The molecule has 3 unspecified atom stereocenters. The second kappa shape index (κ2) is 6.95. The van der Waals surface area contributed by atoms with Crippen LogP contribution in [-0.4, -0.2) is 22.3 Å². The van der Waals surface area contributed by atoms with Crippen LogP contribution in [0.5, 0.6) is 0 Å². The molecule has 5 heteroatoms. The predicted molar refractivity (Wildman–Crippen MR) is 70.9 cm³/mol. The van der Waals surface area contributed by atoms with Crippen LogP contribution in [0.3, 0.4) is 0 Å². The highest BCUT2D eigenvalue weighted by atomic mass is 32.2. The Morgan fingerprint density at radius 2 is 2.00 bits per heavy atom. The van der Waals surface area contributed by atoms with Crippen molar-refractivity contribution in [1.29, 1.82) is 0 Å². The average molecular weight is 275 g/mol. The molecular weight excluding hydrogens is 256 g/mol. The molecule has 0 aromatic heterocycles. The SMILES string of the molecule is CC(CCS(C)=O)NC(C)c1ccc(F)cc1F. The molecule has 0 saturated heterocycles. The molecule has 1 aromatic rings. The largest absolute Gasteiger partial charge is 0.308 e. The topological polar surface area (TPSA) is 29.1 Å². The summed E-state index contributed by atoms with van der Waals surface area (Å²) in [6, 6.07) is 3.52. The van der Waals surface area contributed by atoms with Crippen molar-refractivity contribution >= 4 is 10.8 Å². The lowest BCUT2D eigenvalue weighted by atomic mass is 10.1. The first-order valence-electron chi connectivity index (χ1n) is 5.91. The zero-order valence-corrected chi connectivity index (χ0v) is 11.7. The molecule has 2 nitrogen and oxygen atoms in total. The molecule has 0 fully saturated rings. The monoisotopic (exact) mass is 275 g/mol. The van der Waals surface area contributed by atoms with E-state index in [0.29, 0.717) is 11.3 Å². The van der Waals surface area contributed by atoms with E-state index in [1.165, 1.54) is 12.1 Å². The molecule has 0 aliphatic carbocycles. The Morgan fingerprint density at radius 1 is 1.33 bits per heavy atom. The summed E-state index contributed by atoms with van der Waals surface area (Å²) >= 11 is 0. The summed E-state index contributed by atoms with van der Waals surface area (Å²) in [6.45, 7) is 3.79. The van der Waals surface area contributed by atoms with E-state index in [-0.39, 0.29) is 12.1 Å². The van der Waals surface area contributed by atoms with Crippen LogP contribution in [0.15, 0.2) is 18.2 Å². The molecule has 0 spiro atoms. The fourth-order valence-electron chi connectivity index (χ4n) is 1.80. The van der Waals surface area contributed by atoms with Gasteiger partial charge in [0.15, 0.2) is 0 Å². The summed E-state index contributed by atoms with van der Waals surface area (Å²) in [4.78, 5) is 0. The lowest BCUT2D eigenvalue weighted by Gasteiger charge is -2.20. The fraction of sp³-hybridized carbons (Fsp3) is 0.538. The van der Waals surface area contributed by atoms with E-state index in [2.05, 4.69) is 5.32 Å². The van der Waals surface area contributed by atoms with E-state index in [9.17, 15) is 13.0 Å². The highest BCUT2D eigenvalue weighted by molar-refractivity contribution is 7.84. The van der Waals surface area contributed by atoms with Gasteiger partial charge in [0.05, 0.1) is 0 Å². The van der Waals surface area contributed by atoms with Crippen LogP contribution in [0, 0.1) is 11.6 Å². The van der Waals surface area contributed by atoms with Crippen LogP contribution >= 0.6 is 0 Å². The standard InChI is InChI=1S/C13H19F2NOS/c1-9(6-7-18(3)17)16-10(2)12-5-4-11(14)8-13(12)15/h4-5,8-10,16H,6-7H2,1-3H3. The second-order valence-electron chi connectivity index (χ2n) is 4.52. The summed E-state index contributed by atoms with van der Waals surface area (Å²) < 4.78 is 37.3. The predicted octanol–water partition coefficient (Wildman–Crippen LogP) is 2.77. The Hall–Kier alpha value is -0.810. The van der Waals surface area contributed by atoms with E-state index < -0.39 is 22.4 Å². The first kappa shape index (κ1) is 15.2. The minimum Gasteiger partial charge on any atom is -0.308 e. The van der Waals surface area contributed by atoms with Gasteiger partial charge in [0.2, 0.25) is 0 Å². The Morgan fingerprint density at radius 3 is 2.56 bits per heavy atom. The Labute approximate surface area is 109 Å². The van der Waals surface area contributed by atoms with Gasteiger partial charge in [-0.2, -0.15) is 0 Å². The van der Waals surface area contributed by atoms with Gasteiger partial charge in [-0.05, 0) is 26.3 Å². The fourth-order valence-corrected chi connectivity index (χ4v) is 2.48. The van der Waals surface area contributed by atoms with E-state index in [4.69, 9.17) is 0 Å². The highest BCUT2D eigenvalue weighted by Crippen LogP contribution is 2.18. The first-order valence-corrected chi connectivity index (χ1v) is 7.64. The van der Waals surface area contributed by atoms with Gasteiger partial charge in [0, 0.05) is 46.5 Å². The summed E-state index contributed by atoms with van der Waals surface area (Å²) in [7, 11) is -0.817. The van der Waals surface area contributed by atoms with Crippen molar-refractivity contribution < 1.29 is 13.0 Å². The molecule has 0 amide bonds. The molecular formula is C13H19F2NOS. The maximum atomic E-state index is 13.5. The van der Waals surface area contributed by atoms with E-state index >= 15 is 0 Å². The van der Waals surface area contributed by atoms with Crippen LogP contribution in [0.4, 0.5) is 8.78 Å². The maximum Gasteiger partial charge on any atom is 0.130 e. The smallest absolute Gasteiger partial charge is 0.130 e. The molecule has 0 aliphatic heterocycles. The van der Waals surface area contributed by atoms with Gasteiger partial charge in [0.25, 0.3) is 0 Å². The molecule has 0 heterocycles. The summed E-state index contributed by atoms with van der Waals surface area (Å²) in [5.74, 6) is -0.494. The zero-order valence-electron chi connectivity index (χ0n) is 10.9. The number of benzene rings is 1. The highest BCUT2D eigenvalue weighted by Gasteiger charge is 2.14. The number of nitrogens with one attached hydrogen (secondary N) is 1. The van der Waals surface area contributed by atoms with Gasteiger partial charge in [-0.15, -0.1) is 0 Å². The molecule has 102 valence electrons. The molecule has 0 radical (unpaired) electrons. The molecule has 3 atom stereocenters. The van der Waals surface area contributed by atoms with Gasteiger partial charge >= 0.3 is 0 Å². The maximum absolute atomic E-state index is 13.5. The quantitative estimate of drug-likeness (QED) is 0.865. The third kappa shape index (κ3) is 4.82. The minimum absolute atomic E-state index is 0.133. The summed E-state index contributed by atoms with van der Waals surface area (Å²) in [5, 5.41) is 3.21. The van der Waals surface area contributed by atoms with Crippen molar-refractivity contribution in [2.45, 2.75) is 32.4 Å². The molecule has 0 aliphatic rings. The van der Waals surface area contributed by atoms with Crippen molar-refractivity contribution in [3.8, 4) is 0 Å². The zero-order chi connectivity index (χ0) is 13.7.